The van der Waals surface area contributed by atoms with Gasteiger partial charge in [0, 0.05) is 37.9 Å². The second-order valence-electron chi connectivity index (χ2n) is 6.78. The molecule has 0 bridgehead atoms. The van der Waals surface area contributed by atoms with Gasteiger partial charge in [0.1, 0.15) is 18.1 Å². The highest BCUT2D eigenvalue weighted by atomic mass is 16.5. The number of aliphatic imine (C=N–C) groups is 1. The SMILES string of the molecule is CN=C(NCc1cc(-c2ccccc2)on1)NCc1ccc(C)cc1OCCOC. The minimum Gasteiger partial charge on any atom is -0.491 e. The molecule has 0 atom stereocenters. The molecule has 30 heavy (non-hydrogen) atoms. The van der Waals surface area contributed by atoms with Crippen LogP contribution in [0.4, 0.5) is 0 Å². The Balaban J connectivity index is 1.55. The molecule has 0 aliphatic heterocycles. The number of hydrogen-bond donors (Lipinski definition) is 2. The van der Waals surface area contributed by atoms with Gasteiger partial charge in [-0.25, -0.2) is 0 Å². The largest absolute Gasteiger partial charge is 0.491 e. The predicted octanol–water partition coefficient (Wildman–Crippen LogP) is 3.54. The van der Waals surface area contributed by atoms with Gasteiger partial charge in [-0.1, -0.05) is 47.6 Å². The zero-order chi connectivity index (χ0) is 21.2. The molecule has 7 nitrogen and oxygen atoms in total. The summed E-state index contributed by atoms with van der Waals surface area (Å²) in [4.78, 5) is 4.28. The summed E-state index contributed by atoms with van der Waals surface area (Å²) in [6, 6.07) is 18.0. The van der Waals surface area contributed by atoms with Crippen LogP contribution in [-0.2, 0) is 17.8 Å². The topological polar surface area (TPSA) is 80.9 Å². The predicted molar refractivity (Wildman–Crippen MR) is 118 cm³/mol. The van der Waals surface area contributed by atoms with Crippen LogP contribution in [-0.4, -0.2) is 38.5 Å². The van der Waals surface area contributed by atoms with Gasteiger partial charge in [0.05, 0.1) is 13.2 Å². The lowest BCUT2D eigenvalue weighted by Gasteiger charge is -2.15. The Morgan fingerprint density at radius 2 is 1.83 bits per heavy atom. The first-order valence-corrected chi connectivity index (χ1v) is 9.86. The molecule has 0 aliphatic carbocycles. The van der Waals surface area contributed by atoms with Crippen LogP contribution in [0.3, 0.4) is 0 Å². The van der Waals surface area contributed by atoms with Gasteiger partial charge >= 0.3 is 0 Å². The molecule has 0 radical (unpaired) electrons. The zero-order valence-corrected chi connectivity index (χ0v) is 17.6. The molecule has 0 fully saturated rings. The number of rotatable bonds is 9. The fourth-order valence-electron chi connectivity index (χ4n) is 2.88. The minimum atomic E-state index is 0.501. The molecule has 3 rings (SSSR count). The van der Waals surface area contributed by atoms with Crippen molar-refractivity contribution >= 4 is 5.96 Å². The van der Waals surface area contributed by atoms with E-state index in [0.29, 0.717) is 32.3 Å². The summed E-state index contributed by atoms with van der Waals surface area (Å²) in [7, 11) is 3.40. The van der Waals surface area contributed by atoms with Crippen LogP contribution in [0.1, 0.15) is 16.8 Å². The van der Waals surface area contributed by atoms with E-state index >= 15 is 0 Å². The average molecular weight is 409 g/mol. The molecule has 158 valence electrons. The van der Waals surface area contributed by atoms with E-state index in [4.69, 9.17) is 14.0 Å². The third-order valence-electron chi connectivity index (χ3n) is 4.49. The van der Waals surface area contributed by atoms with E-state index in [1.807, 2.05) is 49.4 Å². The Kier molecular flexibility index (Phi) is 7.86. The summed E-state index contributed by atoms with van der Waals surface area (Å²) in [6.45, 7) is 4.18. The van der Waals surface area contributed by atoms with Crippen molar-refractivity contribution in [1.82, 2.24) is 15.8 Å². The Morgan fingerprint density at radius 1 is 1.03 bits per heavy atom. The molecule has 3 aromatic rings. The van der Waals surface area contributed by atoms with Crippen LogP contribution in [0.15, 0.2) is 64.1 Å². The number of benzene rings is 2. The fourth-order valence-corrected chi connectivity index (χ4v) is 2.88. The van der Waals surface area contributed by atoms with Crippen molar-refractivity contribution in [2.24, 2.45) is 4.99 Å². The van der Waals surface area contributed by atoms with E-state index < -0.39 is 0 Å². The van der Waals surface area contributed by atoms with E-state index in [1.165, 1.54) is 0 Å². The van der Waals surface area contributed by atoms with Crippen molar-refractivity contribution in [1.29, 1.82) is 0 Å². The summed E-state index contributed by atoms with van der Waals surface area (Å²) in [6.07, 6.45) is 0. The van der Waals surface area contributed by atoms with Gasteiger partial charge in [-0.05, 0) is 18.6 Å². The number of guanidine groups is 1. The van der Waals surface area contributed by atoms with E-state index in [9.17, 15) is 0 Å². The first kappa shape index (κ1) is 21.4. The molecule has 2 aromatic carbocycles. The first-order chi connectivity index (χ1) is 14.7. The third-order valence-corrected chi connectivity index (χ3v) is 4.49. The van der Waals surface area contributed by atoms with Gasteiger partial charge in [0.2, 0.25) is 0 Å². The number of aromatic nitrogens is 1. The molecule has 0 spiro atoms. The Labute approximate surface area is 177 Å². The highest BCUT2D eigenvalue weighted by Crippen LogP contribution is 2.21. The van der Waals surface area contributed by atoms with Crippen LogP contribution >= 0.6 is 0 Å². The molecule has 0 amide bonds. The molecule has 2 N–H and O–H groups in total. The van der Waals surface area contributed by atoms with Crippen molar-refractivity contribution in [3.05, 3.63) is 71.4 Å². The average Bonchev–Trinajstić information content (AvgIpc) is 3.25. The van der Waals surface area contributed by atoms with Crippen molar-refractivity contribution < 1.29 is 14.0 Å². The smallest absolute Gasteiger partial charge is 0.191 e. The molecule has 0 saturated carbocycles. The molecular weight excluding hydrogens is 380 g/mol. The van der Waals surface area contributed by atoms with Gasteiger partial charge < -0.3 is 24.6 Å². The number of ether oxygens (including phenoxy) is 2. The van der Waals surface area contributed by atoms with Crippen molar-refractivity contribution in [2.75, 3.05) is 27.4 Å². The molecule has 7 heteroatoms. The maximum atomic E-state index is 5.85. The highest BCUT2D eigenvalue weighted by Gasteiger charge is 2.09. The van der Waals surface area contributed by atoms with E-state index in [-0.39, 0.29) is 0 Å². The van der Waals surface area contributed by atoms with E-state index in [1.54, 1.807) is 14.2 Å². The summed E-state index contributed by atoms with van der Waals surface area (Å²) >= 11 is 0. The van der Waals surface area contributed by atoms with Crippen molar-refractivity contribution in [3.63, 3.8) is 0 Å². The molecule has 1 aromatic heterocycles. The van der Waals surface area contributed by atoms with Crippen molar-refractivity contribution in [2.45, 2.75) is 20.0 Å². The Morgan fingerprint density at radius 3 is 2.60 bits per heavy atom. The van der Waals surface area contributed by atoms with Gasteiger partial charge in [0.25, 0.3) is 0 Å². The van der Waals surface area contributed by atoms with E-state index in [2.05, 4.69) is 32.9 Å². The van der Waals surface area contributed by atoms with Gasteiger partial charge in [0.15, 0.2) is 11.7 Å². The Hall–Kier alpha value is -3.32. The lowest BCUT2D eigenvalue weighted by Crippen LogP contribution is -2.36. The third kappa shape index (κ3) is 6.09. The molecule has 0 aliphatic rings. The maximum absolute atomic E-state index is 5.85. The van der Waals surface area contributed by atoms with Gasteiger partial charge in [-0.15, -0.1) is 0 Å². The fraction of sp³-hybridized carbons (Fsp3) is 0.304. The van der Waals surface area contributed by atoms with Crippen LogP contribution in [0.5, 0.6) is 5.75 Å². The highest BCUT2D eigenvalue weighted by molar-refractivity contribution is 5.79. The number of nitrogens with zero attached hydrogens (tertiary/aromatic N) is 2. The first-order valence-electron chi connectivity index (χ1n) is 9.86. The normalized spacial score (nSPS) is 11.4. The minimum absolute atomic E-state index is 0.501. The summed E-state index contributed by atoms with van der Waals surface area (Å²) in [5, 5.41) is 10.7. The van der Waals surface area contributed by atoms with Crippen LogP contribution in [0.25, 0.3) is 11.3 Å². The molecule has 1 heterocycles. The van der Waals surface area contributed by atoms with Crippen LogP contribution in [0, 0.1) is 6.92 Å². The van der Waals surface area contributed by atoms with Crippen LogP contribution in [0.2, 0.25) is 0 Å². The zero-order valence-electron chi connectivity index (χ0n) is 17.6. The second-order valence-corrected chi connectivity index (χ2v) is 6.78. The van der Waals surface area contributed by atoms with Crippen molar-refractivity contribution in [3.8, 4) is 17.1 Å². The van der Waals surface area contributed by atoms with E-state index in [0.717, 1.165) is 33.9 Å². The number of nitrogens with one attached hydrogen (secondary N) is 2. The summed E-state index contributed by atoms with van der Waals surface area (Å²) < 4.78 is 16.4. The monoisotopic (exact) mass is 408 g/mol. The molecule has 0 unspecified atom stereocenters. The number of methoxy groups -OCH3 is 1. The Bertz CT molecular complexity index is 954. The van der Waals surface area contributed by atoms with Gasteiger partial charge in [-0.2, -0.15) is 0 Å². The quantitative estimate of drug-likeness (QED) is 0.320. The number of aryl methyl sites for hydroxylation is 1. The van der Waals surface area contributed by atoms with Gasteiger partial charge in [-0.3, -0.25) is 4.99 Å². The maximum Gasteiger partial charge on any atom is 0.191 e. The lowest BCUT2D eigenvalue weighted by atomic mass is 10.1. The molecular formula is C23H28N4O3. The lowest BCUT2D eigenvalue weighted by molar-refractivity contribution is 0.145. The summed E-state index contributed by atoms with van der Waals surface area (Å²) in [5.74, 6) is 2.26. The standard InChI is InChI=1S/C23H28N4O3/c1-17-9-10-19(21(13-17)29-12-11-28-3)15-25-23(24-2)26-16-20-14-22(30-27-20)18-7-5-4-6-8-18/h4-10,13-14H,11-12,15-16H2,1-3H3,(H2,24,25,26). The molecule has 0 saturated heterocycles. The number of hydrogen-bond acceptors (Lipinski definition) is 5. The van der Waals surface area contributed by atoms with Crippen LogP contribution < -0.4 is 15.4 Å². The summed E-state index contributed by atoms with van der Waals surface area (Å²) in [5.41, 5.74) is 4.00. The second kappa shape index (κ2) is 11.0.